The van der Waals surface area contributed by atoms with Crippen LogP contribution < -0.4 is 11.1 Å². The highest BCUT2D eigenvalue weighted by Gasteiger charge is 2.24. The summed E-state index contributed by atoms with van der Waals surface area (Å²) in [6.45, 7) is 6.72. The van der Waals surface area contributed by atoms with E-state index in [9.17, 15) is 4.79 Å². The first-order valence-electron chi connectivity index (χ1n) is 7.45. The molecule has 3 N–H and O–H groups in total. The lowest BCUT2D eigenvalue weighted by Gasteiger charge is -2.33. The number of benzene rings is 1. The predicted octanol–water partition coefficient (Wildman–Crippen LogP) is 3.05. The van der Waals surface area contributed by atoms with Crippen LogP contribution >= 0.6 is 0 Å². The molecule has 1 aliphatic rings. The molecule has 1 heterocycles. The number of piperidine rings is 1. The Morgan fingerprint density at radius 1 is 1.40 bits per heavy atom. The lowest BCUT2D eigenvalue weighted by atomic mass is 9.87. The molecule has 0 aliphatic carbocycles. The Labute approximate surface area is 121 Å². The minimum absolute atomic E-state index is 0.00128. The van der Waals surface area contributed by atoms with Gasteiger partial charge in [0.25, 0.3) is 0 Å². The molecule has 1 saturated heterocycles. The van der Waals surface area contributed by atoms with Crippen molar-refractivity contribution in [3.8, 4) is 0 Å². The number of rotatable bonds is 3. The number of likely N-dealkylation sites (tertiary alicyclic amines) is 1. The Balaban J connectivity index is 1.89. The van der Waals surface area contributed by atoms with E-state index in [1.165, 1.54) is 0 Å². The van der Waals surface area contributed by atoms with Crippen LogP contribution in [0.5, 0.6) is 0 Å². The number of anilines is 1. The third-order valence-corrected chi connectivity index (χ3v) is 4.18. The van der Waals surface area contributed by atoms with Crippen LogP contribution in [0.1, 0.15) is 32.3 Å². The number of carbonyl (C=O) groups excluding carboxylic acids is 1. The summed E-state index contributed by atoms with van der Waals surface area (Å²) in [6.07, 6.45) is 2.21. The first-order chi connectivity index (χ1) is 9.60. The number of amides is 2. The van der Waals surface area contributed by atoms with Gasteiger partial charge in [-0.2, -0.15) is 0 Å². The molecule has 0 spiro atoms. The fourth-order valence-corrected chi connectivity index (χ4v) is 2.75. The van der Waals surface area contributed by atoms with Crippen LogP contribution in [0.3, 0.4) is 0 Å². The Bertz CT molecular complexity index is 451. The maximum absolute atomic E-state index is 12.2. The van der Waals surface area contributed by atoms with Crippen molar-refractivity contribution in [1.82, 2.24) is 4.90 Å². The molecule has 20 heavy (non-hydrogen) atoms. The lowest BCUT2D eigenvalue weighted by molar-refractivity contribution is 0.167. The third-order valence-electron chi connectivity index (χ3n) is 4.18. The molecule has 0 aromatic heterocycles. The summed E-state index contributed by atoms with van der Waals surface area (Å²) in [5.74, 6) is 1.46. The first-order valence-corrected chi connectivity index (χ1v) is 7.45. The van der Waals surface area contributed by atoms with Crippen LogP contribution in [0.4, 0.5) is 10.5 Å². The van der Waals surface area contributed by atoms with Gasteiger partial charge in [-0.15, -0.1) is 0 Å². The zero-order valence-corrected chi connectivity index (χ0v) is 12.4. The topological polar surface area (TPSA) is 58.4 Å². The van der Waals surface area contributed by atoms with Crippen LogP contribution in [0.2, 0.25) is 0 Å². The number of nitrogens with zero attached hydrogens (tertiary/aromatic N) is 1. The standard InChI is InChI=1S/C16H25N3O/c1-12(2)14-6-8-19(9-7-14)16(20)18-15-5-3-4-13(10-15)11-17/h3-5,10,12,14H,6-9,11,17H2,1-2H3,(H,18,20). The third kappa shape index (κ3) is 3.73. The molecule has 0 unspecified atom stereocenters. The van der Waals surface area contributed by atoms with E-state index in [2.05, 4.69) is 19.2 Å². The minimum Gasteiger partial charge on any atom is -0.326 e. The molecule has 4 heteroatoms. The van der Waals surface area contributed by atoms with Gasteiger partial charge in [-0.25, -0.2) is 4.79 Å². The van der Waals surface area contributed by atoms with Crippen molar-refractivity contribution >= 4 is 11.7 Å². The van der Waals surface area contributed by atoms with Crippen LogP contribution in [0.25, 0.3) is 0 Å². The molecule has 4 nitrogen and oxygen atoms in total. The Kier molecular flexibility index (Phi) is 5.01. The van der Waals surface area contributed by atoms with Gasteiger partial charge in [0.1, 0.15) is 0 Å². The fourth-order valence-electron chi connectivity index (χ4n) is 2.75. The van der Waals surface area contributed by atoms with E-state index < -0.39 is 0 Å². The highest BCUT2D eigenvalue weighted by molar-refractivity contribution is 5.89. The van der Waals surface area contributed by atoms with Crippen LogP contribution in [-0.4, -0.2) is 24.0 Å². The second-order valence-electron chi connectivity index (χ2n) is 5.90. The molecular weight excluding hydrogens is 250 g/mol. The molecule has 1 fully saturated rings. The van der Waals surface area contributed by atoms with Gasteiger partial charge in [0.15, 0.2) is 0 Å². The fraction of sp³-hybridized carbons (Fsp3) is 0.562. The van der Waals surface area contributed by atoms with Crippen molar-refractivity contribution in [3.63, 3.8) is 0 Å². The van der Waals surface area contributed by atoms with Crippen molar-refractivity contribution in [2.45, 2.75) is 33.2 Å². The van der Waals surface area contributed by atoms with Crippen molar-refractivity contribution < 1.29 is 4.79 Å². The summed E-state index contributed by atoms with van der Waals surface area (Å²) in [6, 6.07) is 7.71. The van der Waals surface area contributed by atoms with Crippen LogP contribution in [-0.2, 0) is 6.54 Å². The predicted molar refractivity (Wildman–Crippen MR) is 82.5 cm³/mol. The molecule has 0 radical (unpaired) electrons. The van der Waals surface area contributed by atoms with Gasteiger partial charge < -0.3 is 16.0 Å². The molecule has 0 bridgehead atoms. The molecule has 1 aliphatic heterocycles. The molecular formula is C16H25N3O. The number of urea groups is 1. The molecule has 2 amide bonds. The molecule has 2 rings (SSSR count). The Morgan fingerprint density at radius 3 is 2.70 bits per heavy atom. The highest BCUT2D eigenvalue weighted by atomic mass is 16.2. The van der Waals surface area contributed by atoms with E-state index in [0.29, 0.717) is 12.5 Å². The van der Waals surface area contributed by atoms with Gasteiger partial charge >= 0.3 is 6.03 Å². The number of nitrogens with one attached hydrogen (secondary N) is 1. The second-order valence-corrected chi connectivity index (χ2v) is 5.90. The zero-order chi connectivity index (χ0) is 14.5. The number of hydrogen-bond acceptors (Lipinski definition) is 2. The SMILES string of the molecule is CC(C)C1CCN(C(=O)Nc2cccc(CN)c2)CC1. The summed E-state index contributed by atoms with van der Waals surface area (Å²) in [7, 11) is 0. The van der Waals surface area contributed by atoms with Gasteiger partial charge in [-0.05, 0) is 42.4 Å². The van der Waals surface area contributed by atoms with Gasteiger partial charge in [0, 0.05) is 25.3 Å². The summed E-state index contributed by atoms with van der Waals surface area (Å²) < 4.78 is 0. The van der Waals surface area contributed by atoms with Gasteiger partial charge in [-0.3, -0.25) is 0 Å². The van der Waals surface area contributed by atoms with Crippen molar-refractivity contribution in [3.05, 3.63) is 29.8 Å². The van der Waals surface area contributed by atoms with E-state index in [1.54, 1.807) is 0 Å². The average molecular weight is 275 g/mol. The average Bonchev–Trinajstić information content (AvgIpc) is 2.47. The number of carbonyl (C=O) groups is 1. The van der Waals surface area contributed by atoms with Crippen LogP contribution in [0, 0.1) is 11.8 Å². The molecule has 1 aromatic rings. The first kappa shape index (κ1) is 14.9. The zero-order valence-electron chi connectivity index (χ0n) is 12.4. The van der Waals surface area contributed by atoms with Gasteiger partial charge in [0.2, 0.25) is 0 Å². The maximum Gasteiger partial charge on any atom is 0.321 e. The minimum atomic E-state index is 0.00128. The summed E-state index contributed by atoms with van der Waals surface area (Å²) in [5, 5.41) is 2.96. The Morgan fingerprint density at radius 2 is 2.10 bits per heavy atom. The summed E-state index contributed by atoms with van der Waals surface area (Å²) in [4.78, 5) is 14.1. The molecule has 0 saturated carbocycles. The van der Waals surface area contributed by atoms with E-state index in [0.717, 1.165) is 43.1 Å². The van der Waals surface area contributed by atoms with E-state index in [-0.39, 0.29) is 6.03 Å². The Hall–Kier alpha value is -1.55. The molecule has 110 valence electrons. The van der Waals surface area contributed by atoms with Gasteiger partial charge in [-0.1, -0.05) is 26.0 Å². The van der Waals surface area contributed by atoms with Crippen molar-refractivity contribution in [1.29, 1.82) is 0 Å². The van der Waals surface area contributed by atoms with E-state index >= 15 is 0 Å². The lowest BCUT2D eigenvalue weighted by Crippen LogP contribution is -2.41. The van der Waals surface area contributed by atoms with Crippen molar-refractivity contribution in [2.75, 3.05) is 18.4 Å². The summed E-state index contributed by atoms with van der Waals surface area (Å²) in [5.41, 5.74) is 7.46. The molecule has 1 aromatic carbocycles. The smallest absolute Gasteiger partial charge is 0.321 e. The highest BCUT2D eigenvalue weighted by Crippen LogP contribution is 2.24. The van der Waals surface area contributed by atoms with Crippen LogP contribution in [0.15, 0.2) is 24.3 Å². The van der Waals surface area contributed by atoms with E-state index in [1.807, 2.05) is 29.2 Å². The largest absolute Gasteiger partial charge is 0.326 e. The van der Waals surface area contributed by atoms with Gasteiger partial charge in [0.05, 0.1) is 0 Å². The molecule has 0 atom stereocenters. The monoisotopic (exact) mass is 275 g/mol. The number of nitrogens with two attached hydrogens (primary N) is 1. The summed E-state index contributed by atoms with van der Waals surface area (Å²) >= 11 is 0. The second kappa shape index (κ2) is 6.75. The van der Waals surface area contributed by atoms with E-state index in [4.69, 9.17) is 5.73 Å². The quantitative estimate of drug-likeness (QED) is 0.890. The van der Waals surface area contributed by atoms with Crippen molar-refractivity contribution in [2.24, 2.45) is 17.6 Å². The maximum atomic E-state index is 12.2. The normalized spacial score (nSPS) is 16.5. The number of hydrogen-bond donors (Lipinski definition) is 2.